The van der Waals surface area contributed by atoms with Gasteiger partial charge in [-0.2, -0.15) is 0 Å². The number of aromatic hydroxyl groups is 1. The molecule has 0 spiro atoms. The molecule has 3 rings (SSSR count). The van der Waals surface area contributed by atoms with Crippen LogP contribution in [-0.2, 0) is 10.0 Å². The maximum absolute atomic E-state index is 12.8. The lowest BCUT2D eigenvalue weighted by Gasteiger charge is -2.13. The molecular weight excluding hydrogens is 342 g/mol. The van der Waals surface area contributed by atoms with Gasteiger partial charge in [0.05, 0.1) is 16.1 Å². The number of phenols is 1. The number of carboxylic acid groups (broad SMARTS) is 1. The predicted octanol–water partition coefficient (Wildman–Crippen LogP) is 3.35. The predicted molar refractivity (Wildman–Crippen MR) is 94.6 cm³/mol. The van der Waals surface area contributed by atoms with Gasteiger partial charge in [-0.3, -0.25) is 4.72 Å². The number of anilines is 1. The van der Waals surface area contributed by atoms with E-state index < -0.39 is 16.0 Å². The molecule has 7 heteroatoms. The van der Waals surface area contributed by atoms with Gasteiger partial charge in [-0.1, -0.05) is 30.3 Å². The number of nitrogens with one attached hydrogen (secondary N) is 1. The van der Waals surface area contributed by atoms with Gasteiger partial charge in [0.15, 0.2) is 0 Å². The molecule has 0 radical (unpaired) electrons. The van der Waals surface area contributed by atoms with Crippen molar-refractivity contribution in [3.8, 4) is 5.75 Å². The number of rotatable bonds is 4. The molecule has 0 aromatic heterocycles. The quantitative estimate of drug-likeness (QED) is 0.621. The topological polar surface area (TPSA) is 104 Å². The molecule has 128 valence electrons. The number of carboxylic acids is 1. The highest BCUT2D eigenvalue weighted by atomic mass is 32.2. The molecule has 0 aliphatic carbocycles. The second kappa shape index (κ2) is 6.10. The Morgan fingerprint density at radius 2 is 1.68 bits per heavy atom. The molecule has 25 heavy (non-hydrogen) atoms. The summed E-state index contributed by atoms with van der Waals surface area (Å²) < 4.78 is 28.0. The van der Waals surface area contributed by atoms with Crippen molar-refractivity contribution in [1.29, 1.82) is 0 Å². The van der Waals surface area contributed by atoms with Crippen LogP contribution < -0.4 is 4.72 Å². The molecule has 0 aliphatic heterocycles. The molecule has 0 atom stereocenters. The van der Waals surface area contributed by atoms with Crippen molar-refractivity contribution in [3.05, 3.63) is 65.7 Å². The molecule has 0 unspecified atom stereocenters. The number of aromatic carboxylic acids is 1. The van der Waals surface area contributed by atoms with Crippen molar-refractivity contribution in [1.82, 2.24) is 0 Å². The van der Waals surface area contributed by atoms with Gasteiger partial charge in [0.25, 0.3) is 10.0 Å². The first-order valence-corrected chi connectivity index (χ1v) is 8.85. The monoisotopic (exact) mass is 357 g/mol. The van der Waals surface area contributed by atoms with Crippen molar-refractivity contribution in [2.45, 2.75) is 11.8 Å². The Morgan fingerprint density at radius 1 is 1.00 bits per heavy atom. The second-order valence-corrected chi connectivity index (χ2v) is 7.22. The van der Waals surface area contributed by atoms with Crippen molar-refractivity contribution in [2.24, 2.45) is 0 Å². The molecule has 0 amide bonds. The Labute approximate surface area is 144 Å². The minimum Gasteiger partial charge on any atom is -0.507 e. The summed E-state index contributed by atoms with van der Waals surface area (Å²) in [4.78, 5) is 11.0. The first-order chi connectivity index (χ1) is 11.8. The van der Waals surface area contributed by atoms with E-state index in [4.69, 9.17) is 5.11 Å². The van der Waals surface area contributed by atoms with Crippen LogP contribution in [0.15, 0.2) is 59.5 Å². The van der Waals surface area contributed by atoms with Crippen LogP contribution in [0, 0.1) is 6.92 Å². The van der Waals surface area contributed by atoms with Crippen molar-refractivity contribution < 1.29 is 23.4 Å². The van der Waals surface area contributed by atoms with Crippen LogP contribution in [0.4, 0.5) is 5.69 Å². The van der Waals surface area contributed by atoms with Gasteiger partial charge >= 0.3 is 5.97 Å². The van der Waals surface area contributed by atoms with E-state index in [0.29, 0.717) is 22.0 Å². The number of fused-ring (bicyclic) bond motifs is 1. The van der Waals surface area contributed by atoms with Gasteiger partial charge in [-0.05, 0) is 36.8 Å². The zero-order valence-corrected chi connectivity index (χ0v) is 14.0. The van der Waals surface area contributed by atoms with Crippen LogP contribution in [0.3, 0.4) is 0 Å². The fourth-order valence-corrected chi connectivity index (χ4v) is 3.95. The highest BCUT2D eigenvalue weighted by Gasteiger charge is 2.20. The number of hydrogen-bond donors (Lipinski definition) is 3. The third-order valence-electron chi connectivity index (χ3n) is 3.87. The Morgan fingerprint density at radius 3 is 2.36 bits per heavy atom. The summed E-state index contributed by atoms with van der Waals surface area (Å²) in [6.07, 6.45) is 0. The SMILES string of the molecule is Cc1ccc(C(=O)O)cc1S(=O)(=O)Nc1ccc(O)c2ccccc12. The minimum atomic E-state index is -4.00. The molecule has 0 saturated carbocycles. The van der Waals surface area contributed by atoms with Crippen molar-refractivity contribution in [3.63, 3.8) is 0 Å². The molecule has 0 aliphatic rings. The van der Waals surface area contributed by atoms with Crippen LogP contribution in [-0.4, -0.2) is 24.6 Å². The molecule has 0 heterocycles. The average molecular weight is 357 g/mol. The maximum Gasteiger partial charge on any atom is 0.335 e. The molecule has 3 N–H and O–H groups in total. The highest BCUT2D eigenvalue weighted by molar-refractivity contribution is 7.92. The van der Waals surface area contributed by atoms with E-state index in [1.165, 1.54) is 24.3 Å². The fourth-order valence-electron chi connectivity index (χ4n) is 2.59. The van der Waals surface area contributed by atoms with Crippen molar-refractivity contribution in [2.75, 3.05) is 4.72 Å². The zero-order valence-electron chi connectivity index (χ0n) is 13.2. The molecule has 3 aromatic carbocycles. The van der Waals surface area contributed by atoms with Gasteiger partial charge in [0.2, 0.25) is 0 Å². The number of sulfonamides is 1. The first-order valence-electron chi connectivity index (χ1n) is 7.37. The summed E-state index contributed by atoms with van der Waals surface area (Å²) in [7, 11) is -4.00. The number of hydrogen-bond acceptors (Lipinski definition) is 4. The summed E-state index contributed by atoms with van der Waals surface area (Å²) in [5, 5.41) is 20.0. The molecule has 3 aromatic rings. The lowest BCUT2D eigenvalue weighted by atomic mass is 10.1. The van der Waals surface area contributed by atoms with Crippen LogP contribution in [0.2, 0.25) is 0 Å². The van der Waals surface area contributed by atoms with Gasteiger partial charge in [-0.25, -0.2) is 13.2 Å². The average Bonchev–Trinajstić information content (AvgIpc) is 2.57. The third-order valence-corrected chi connectivity index (χ3v) is 5.38. The lowest BCUT2D eigenvalue weighted by molar-refractivity contribution is 0.0696. The molecule has 6 nitrogen and oxygen atoms in total. The van der Waals surface area contributed by atoms with E-state index in [-0.39, 0.29) is 16.2 Å². The summed E-state index contributed by atoms with van der Waals surface area (Å²) >= 11 is 0. The number of phenolic OH excluding ortho intramolecular Hbond substituents is 1. The van der Waals surface area contributed by atoms with Crippen LogP contribution >= 0.6 is 0 Å². The number of benzene rings is 3. The van der Waals surface area contributed by atoms with Gasteiger partial charge < -0.3 is 10.2 Å². The van der Waals surface area contributed by atoms with Crippen LogP contribution in [0.5, 0.6) is 5.75 Å². The summed E-state index contributed by atoms with van der Waals surface area (Å²) in [6, 6.07) is 13.6. The summed E-state index contributed by atoms with van der Waals surface area (Å²) in [6.45, 7) is 1.59. The van der Waals surface area contributed by atoms with Crippen LogP contribution in [0.1, 0.15) is 15.9 Å². The smallest absolute Gasteiger partial charge is 0.335 e. The number of aryl methyl sites for hydroxylation is 1. The Hall–Kier alpha value is -3.06. The van der Waals surface area contributed by atoms with E-state index in [2.05, 4.69) is 4.72 Å². The largest absolute Gasteiger partial charge is 0.507 e. The highest BCUT2D eigenvalue weighted by Crippen LogP contribution is 2.32. The third kappa shape index (κ3) is 3.14. The first kappa shape index (κ1) is 16.8. The van der Waals surface area contributed by atoms with E-state index in [9.17, 15) is 18.3 Å². The molecule has 0 saturated heterocycles. The van der Waals surface area contributed by atoms with Gasteiger partial charge in [0, 0.05) is 10.8 Å². The Kier molecular flexibility index (Phi) is 4.10. The van der Waals surface area contributed by atoms with E-state index >= 15 is 0 Å². The fraction of sp³-hybridized carbons (Fsp3) is 0.0556. The second-order valence-electron chi connectivity index (χ2n) is 5.57. The summed E-state index contributed by atoms with van der Waals surface area (Å²) in [5.41, 5.74) is 0.621. The normalized spacial score (nSPS) is 11.4. The van der Waals surface area contributed by atoms with Crippen molar-refractivity contribution >= 4 is 32.5 Å². The lowest BCUT2D eigenvalue weighted by Crippen LogP contribution is -2.15. The van der Waals surface area contributed by atoms with E-state index in [1.807, 2.05) is 0 Å². The van der Waals surface area contributed by atoms with Crippen LogP contribution in [0.25, 0.3) is 10.8 Å². The van der Waals surface area contributed by atoms with Gasteiger partial charge in [0.1, 0.15) is 5.75 Å². The molecule has 0 fully saturated rings. The maximum atomic E-state index is 12.8. The Bertz CT molecular complexity index is 1090. The molecule has 0 bridgehead atoms. The minimum absolute atomic E-state index is 0.0441. The standard InChI is InChI=1S/C18H15NO5S/c1-11-6-7-12(18(21)22)10-17(11)25(23,24)19-15-8-9-16(20)14-5-3-2-4-13(14)15/h2-10,19-20H,1H3,(H,21,22). The Balaban J connectivity index is 2.11. The summed E-state index contributed by atoms with van der Waals surface area (Å²) in [5.74, 6) is -1.16. The van der Waals surface area contributed by atoms with E-state index in [0.717, 1.165) is 6.07 Å². The van der Waals surface area contributed by atoms with E-state index in [1.54, 1.807) is 31.2 Å². The number of carbonyl (C=O) groups is 1. The zero-order chi connectivity index (χ0) is 18.2. The molecular formula is C18H15NO5S. The van der Waals surface area contributed by atoms with Gasteiger partial charge in [-0.15, -0.1) is 0 Å².